The van der Waals surface area contributed by atoms with Crippen LogP contribution in [0.1, 0.15) is 68.6 Å². The molecule has 3 amide bonds. The average molecular weight is 734 g/mol. The van der Waals surface area contributed by atoms with Crippen molar-refractivity contribution in [2.24, 2.45) is 5.92 Å². The van der Waals surface area contributed by atoms with Crippen molar-refractivity contribution in [3.63, 3.8) is 0 Å². The predicted molar refractivity (Wildman–Crippen MR) is 186 cm³/mol. The molecule has 0 fully saturated rings. The number of amides is 3. The van der Waals surface area contributed by atoms with Crippen LogP contribution in [0.4, 0.5) is 13.2 Å². The Morgan fingerprint density at radius 3 is 2.00 bits per heavy atom. The van der Waals surface area contributed by atoms with Crippen LogP contribution in [-0.4, -0.2) is 61.3 Å². The van der Waals surface area contributed by atoms with E-state index in [0.717, 1.165) is 0 Å². The monoisotopic (exact) mass is 733 g/mol. The molecule has 3 aromatic carbocycles. The summed E-state index contributed by atoms with van der Waals surface area (Å²) in [6.45, 7) is 7.94. The number of halogens is 4. The Morgan fingerprint density at radius 1 is 0.824 bits per heavy atom. The molecule has 0 aliphatic carbocycles. The second-order valence-electron chi connectivity index (χ2n) is 13.2. The maximum atomic E-state index is 14.0. The number of hydrogen-bond donors (Lipinski definition) is 3. The quantitative estimate of drug-likeness (QED) is 0.155. The minimum atomic E-state index is -4.55. The summed E-state index contributed by atoms with van der Waals surface area (Å²) in [5.74, 6) is -2.70. The van der Waals surface area contributed by atoms with E-state index in [1.54, 1.807) is 71.0 Å². The van der Waals surface area contributed by atoms with Crippen molar-refractivity contribution in [2.45, 2.75) is 77.4 Å². The summed E-state index contributed by atoms with van der Waals surface area (Å²) < 4.78 is 56.0. The number of nitrogens with one attached hydrogen (secondary N) is 3. The van der Waals surface area contributed by atoms with E-state index in [9.17, 15) is 32.3 Å². The fourth-order valence-electron chi connectivity index (χ4n) is 4.87. The summed E-state index contributed by atoms with van der Waals surface area (Å²) in [7, 11) is 1.44. The van der Waals surface area contributed by atoms with Crippen LogP contribution in [0, 0.1) is 5.92 Å². The van der Waals surface area contributed by atoms with Gasteiger partial charge in [0.2, 0.25) is 11.8 Å². The minimum absolute atomic E-state index is 0.0468. The van der Waals surface area contributed by atoms with Crippen LogP contribution in [0.25, 0.3) is 0 Å². The second kappa shape index (κ2) is 17.9. The van der Waals surface area contributed by atoms with Gasteiger partial charge in [-0.3, -0.25) is 14.4 Å². The molecule has 3 N–H and O–H groups in total. The smallest absolute Gasteiger partial charge is 0.391 e. The first-order valence-corrected chi connectivity index (χ1v) is 16.5. The van der Waals surface area contributed by atoms with Crippen LogP contribution in [0.5, 0.6) is 11.5 Å². The summed E-state index contributed by atoms with van der Waals surface area (Å²) in [6, 6.07) is 14.6. The maximum Gasteiger partial charge on any atom is 0.391 e. The molecule has 276 valence electrons. The summed E-state index contributed by atoms with van der Waals surface area (Å²) in [6.07, 6.45) is -5.86. The summed E-state index contributed by atoms with van der Waals surface area (Å²) in [5, 5.41) is 8.17. The van der Waals surface area contributed by atoms with Crippen LogP contribution in [-0.2, 0) is 25.5 Å². The lowest BCUT2D eigenvalue weighted by molar-refractivity contribution is -0.157. The Kier molecular flexibility index (Phi) is 14.3. The highest BCUT2D eigenvalue weighted by Crippen LogP contribution is 2.26. The fourth-order valence-corrected chi connectivity index (χ4v) is 5.09. The van der Waals surface area contributed by atoms with Crippen LogP contribution in [0.3, 0.4) is 0 Å². The molecule has 0 heterocycles. The van der Waals surface area contributed by atoms with Gasteiger partial charge in [0.25, 0.3) is 5.91 Å². The summed E-state index contributed by atoms with van der Waals surface area (Å²) in [4.78, 5) is 53.0. The molecule has 3 rings (SSSR count). The first kappa shape index (κ1) is 40.6. The standard InChI is InChI=1S/C37H43ClF3N3O7/c1-22(2)30(20-37(39,40)41)43-35(48)32(24-10-14-27(49-6)15-11-24)44-34(47)29(19-23-8-7-9-26(38)18-23)42-33(46)25-12-16-28(17-13-25)50-21-31(45)51-36(3,4)5/h7-18,22,29-30,32H,19-21H2,1-6H3,(H,42,46)(H,43,48)(H,44,47)/t29?,30-,32?/m1/s1. The first-order valence-electron chi connectivity index (χ1n) is 16.1. The summed E-state index contributed by atoms with van der Waals surface area (Å²) >= 11 is 6.18. The number of hydrogen-bond acceptors (Lipinski definition) is 7. The third kappa shape index (κ3) is 13.8. The van der Waals surface area contributed by atoms with Gasteiger partial charge in [-0.1, -0.05) is 49.7 Å². The molecular weight excluding hydrogens is 691 g/mol. The van der Waals surface area contributed by atoms with Crippen molar-refractivity contribution in [3.05, 3.63) is 94.5 Å². The van der Waals surface area contributed by atoms with Gasteiger partial charge in [-0.15, -0.1) is 0 Å². The van der Waals surface area contributed by atoms with Gasteiger partial charge in [0.15, 0.2) is 6.61 Å². The molecule has 0 saturated carbocycles. The van der Waals surface area contributed by atoms with E-state index in [1.807, 2.05) is 0 Å². The predicted octanol–water partition coefficient (Wildman–Crippen LogP) is 6.36. The van der Waals surface area contributed by atoms with Crippen molar-refractivity contribution in [2.75, 3.05) is 13.7 Å². The third-order valence-corrected chi connectivity index (χ3v) is 7.66. The second-order valence-corrected chi connectivity index (χ2v) is 13.6. The Balaban J connectivity index is 1.87. The third-order valence-electron chi connectivity index (χ3n) is 7.43. The SMILES string of the molecule is COc1ccc(C(NC(=O)C(Cc2cccc(Cl)c2)NC(=O)c2ccc(OCC(=O)OC(C)(C)C)cc2)C(=O)N[C@H](CC(F)(F)F)C(C)C)cc1. The molecule has 0 aliphatic rings. The van der Waals surface area contributed by atoms with Gasteiger partial charge < -0.3 is 30.2 Å². The Labute approximate surface area is 300 Å². The van der Waals surface area contributed by atoms with E-state index in [1.165, 1.54) is 43.5 Å². The molecule has 14 heteroatoms. The van der Waals surface area contributed by atoms with E-state index < -0.39 is 65.9 Å². The molecular formula is C37H43ClF3N3O7. The lowest BCUT2D eigenvalue weighted by atomic mass is 9.98. The lowest BCUT2D eigenvalue weighted by Gasteiger charge is -2.28. The molecule has 2 unspecified atom stereocenters. The van der Waals surface area contributed by atoms with E-state index in [4.69, 9.17) is 25.8 Å². The molecule has 0 aliphatic heterocycles. The fraction of sp³-hybridized carbons (Fsp3) is 0.405. The number of methoxy groups -OCH3 is 1. The van der Waals surface area contributed by atoms with Crippen molar-refractivity contribution in [3.8, 4) is 11.5 Å². The largest absolute Gasteiger partial charge is 0.497 e. The van der Waals surface area contributed by atoms with E-state index in [0.29, 0.717) is 22.1 Å². The first-order chi connectivity index (χ1) is 23.8. The van der Waals surface area contributed by atoms with Crippen molar-refractivity contribution in [1.29, 1.82) is 0 Å². The average Bonchev–Trinajstić information content (AvgIpc) is 3.04. The normalized spacial score (nSPS) is 13.4. The van der Waals surface area contributed by atoms with Gasteiger partial charge in [-0.05, 0) is 86.3 Å². The number of esters is 1. The number of alkyl halides is 3. The zero-order valence-electron chi connectivity index (χ0n) is 29.2. The van der Waals surface area contributed by atoms with Crippen LogP contribution in [0.2, 0.25) is 5.02 Å². The van der Waals surface area contributed by atoms with Gasteiger partial charge in [-0.25, -0.2) is 4.79 Å². The van der Waals surface area contributed by atoms with Gasteiger partial charge in [0.05, 0.1) is 13.5 Å². The molecule has 0 aromatic heterocycles. The molecule has 51 heavy (non-hydrogen) atoms. The van der Waals surface area contributed by atoms with Gasteiger partial charge in [0.1, 0.15) is 29.2 Å². The molecule has 10 nitrogen and oxygen atoms in total. The number of rotatable bonds is 15. The number of ether oxygens (including phenoxy) is 3. The zero-order chi connectivity index (χ0) is 37.9. The zero-order valence-corrected chi connectivity index (χ0v) is 30.0. The molecule has 0 saturated heterocycles. The van der Waals surface area contributed by atoms with Gasteiger partial charge in [-0.2, -0.15) is 13.2 Å². The number of carbonyl (C=O) groups excluding carboxylic acids is 4. The highest BCUT2D eigenvalue weighted by molar-refractivity contribution is 6.30. The van der Waals surface area contributed by atoms with Gasteiger partial charge >= 0.3 is 12.1 Å². The topological polar surface area (TPSA) is 132 Å². The minimum Gasteiger partial charge on any atom is -0.497 e. The molecule has 0 radical (unpaired) electrons. The van der Waals surface area contributed by atoms with Crippen molar-refractivity contribution >= 4 is 35.3 Å². The van der Waals surface area contributed by atoms with E-state index in [2.05, 4.69) is 16.0 Å². The number of carbonyl (C=O) groups is 4. The Hall–Kier alpha value is -4.78. The highest BCUT2D eigenvalue weighted by Gasteiger charge is 2.36. The van der Waals surface area contributed by atoms with Crippen LogP contribution in [0.15, 0.2) is 72.8 Å². The Morgan fingerprint density at radius 2 is 1.45 bits per heavy atom. The maximum absolute atomic E-state index is 14.0. The molecule has 3 aromatic rings. The molecule has 0 spiro atoms. The lowest BCUT2D eigenvalue weighted by Crippen LogP contribution is -2.52. The van der Waals surface area contributed by atoms with Crippen LogP contribution < -0.4 is 25.4 Å². The van der Waals surface area contributed by atoms with Crippen molar-refractivity contribution < 1.29 is 46.6 Å². The van der Waals surface area contributed by atoms with E-state index in [-0.39, 0.29) is 24.2 Å². The van der Waals surface area contributed by atoms with Crippen molar-refractivity contribution in [1.82, 2.24) is 16.0 Å². The van der Waals surface area contributed by atoms with Crippen LogP contribution >= 0.6 is 11.6 Å². The highest BCUT2D eigenvalue weighted by atomic mass is 35.5. The van der Waals surface area contributed by atoms with E-state index >= 15 is 0 Å². The van der Waals surface area contributed by atoms with Gasteiger partial charge in [0, 0.05) is 23.0 Å². The molecule has 3 atom stereocenters. The summed E-state index contributed by atoms with van der Waals surface area (Å²) in [5.41, 5.74) is 0.327. The Bertz CT molecular complexity index is 1640. The number of benzene rings is 3. The molecule has 0 bridgehead atoms.